The number of aliphatic hydroxyl groups excluding tert-OH is 1. The van der Waals surface area contributed by atoms with Gasteiger partial charge in [0.1, 0.15) is 6.54 Å². The third kappa shape index (κ3) is 3.37. The largest absolute Gasteiger partial charge is 0.406 e. The summed E-state index contributed by atoms with van der Waals surface area (Å²) in [6.45, 7) is -1.72. The number of alkyl halides is 3. The molecule has 1 saturated heterocycles. The van der Waals surface area contributed by atoms with E-state index in [1.807, 2.05) is 0 Å². The van der Waals surface area contributed by atoms with Gasteiger partial charge in [0.2, 0.25) is 11.8 Å². The van der Waals surface area contributed by atoms with Crippen molar-refractivity contribution in [2.45, 2.75) is 31.0 Å². The molecule has 1 aliphatic carbocycles. The van der Waals surface area contributed by atoms with Crippen LogP contribution >= 0.6 is 0 Å². The molecule has 0 bridgehead atoms. The molecule has 2 rings (SSSR count). The standard InChI is InChI=1S/C11H15F3N2O3/c12-11(13,14)5-16-4-7(3-8(16)18)9(19)15-10(6-17)1-2-10/h7,17H,1-6H2,(H,15,19). The number of hydrogen-bond acceptors (Lipinski definition) is 3. The first kappa shape index (κ1) is 14.1. The number of carbonyl (C=O) groups excluding carboxylic acids is 2. The summed E-state index contributed by atoms with van der Waals surface area (Å²) in [5.41, 5.74) is -0.614. The van der Waals surface area contributed by atoms with E-state index in [-0.39, 0.29) is 19.6 Å². The van der Waals surface area contributed by atoms with Crippen LogP contribution in [0.2, 0.25) is 0 Å². The number of nitrogens with one attached hydrogen (secondary N) is 1. The monoisotopic (exact) mass is 280 g/mol. The lowest BCUT2D eigenvalue weighted by Crippen LogP contribution is -2.44. The SMILES string of the molecule is O=C(NC1(CO)CC1)C1CC(=O)N(CC(F)(F)F)C1. The van der Waals surface area contributed by atoms with Crippen LogP contribution in [-0.2, 0) is 9.59 Å². The summed E-state index contributed by atoms with van der Waals surface area (Å²) in [7, 11) is 0. The van der Waals surface area contributed by atoms with Crippen molar-refractivity contribution in [2.75, 3.05) is 19.7 Å². The van der Waals surface area contributed by atoms with Crippen LogP contribution in [0.4, 0.5) is 13.2 Å². The van der Waals surface area contributed by atoms with Gasteiger partial charge < -0.3 is 15.3 Å². The van der Waals surface area contributed by atoms with Crippen molar-refractivity contribution in [1.82, 2.24) is 10.2 Å². The second kappa shape index (κ2) is 4.66. The molecule has 0 spiro atoms. The summed E-state index contributed by atoms with van der Waals surface area (Å²) in [4.78, 5) is 23.9. The third-order valence-electron chi connectivity index (χ3n) is 3.50. The molecule has 8 heteroatoms. The Morgan fingerprint density at radius 2 is 2.11 bits per heavy atom. The van der Waals surface area contributed by atoms with E-state index in [0.717, 1.165) is 0 Å². The van der Waals surface area contributed by atoms with E-state index >= 15 is 0 Å². The quantitative estimate of drug-likeness (QED) is 0.764. The van der Waals surface area contributed by atoms with E-state index in [4.69, 9.17) is 5.11 Å². The van der Waals surface area contributed by atoms with Crippen molar-refractivity contribution in [3.8, 4) is 0 Å². The summed E-state index contributed by atoms with van der Waals surface area (Å²) in [5, 5.41) is 11.7. The normalized spacial score (nSPS) is 25.6. The molecule has 1 aliphatic heterocycles. The van der Waals surface area contributed by atoms with Gasteiger partial charge in [-0.3, -0.25) is 9.59 Å². The fourth-order valence-corrected chi connectivity index (χ4v) is 2.15. The zero-order chi connectivity index (χ0) is 14.3. The second-order valence-electron chi connectivity index (χ2n) is 5.22. The maximum atomic E-state index is 12.2. The molecule has 2 N–H and O–H groups in total. The Balaban J connectivity index is 1.90. The van der Waals surface area contributed by atoms with Gasteiger partial charge in [0.05, 0.1) is 18.1 Å². The summed E-state index contributed by atoms with van der Waals surface area (Å²) in [6, 6.07) is 0. The molecule has 108 valence electrons. The highest BCUT2D eigenvalue weighted by atomic mass is 19.4. The van der Waals surface area contributed by atoms with Crippen LogP contribution in [0.25, 0.3) is 0 Å². The second-order valence-corrected chi connectivity index (χ2v) is 5.22. The lowest BCUT2D eigenvalue weighted by atomic mass is 10.1. The van der Waals surface area contributed by atoms with Gasteiger partial charge in [-0.15, -0.1) is 0 Å². The summed E-state index contributed by atoms with van der Waals surface area (Å²) < 4.78 is 36.7. The molecule has 2 aliphatic rings. The van der Waals surface area contributed by atoms with Crippen LogP contribution in [0.15, 0.2) is 0 Å². The average molecular weight is 280 g/mol. The van der Waals surface area contributed by atoms with Crippen molar-refractivity contribution in [2.24, 2.45) is 5.92 Å². The Labute approximate surface area is 107 Å². The smallest absolute Gasteiger partial charge is 0.394 e. The molecule has 0 aromatic rings. The number of rotatable bonds is 4. The lowest BCUT2D eigenvalue weighted by Gasteiger charge is -2.19. The van der Waals surface area contributed by atoms with E-state index in [1.165, 1.54) is 0 Å². The summed E-state index contributed by atoms with van der Waals surface area (Å²) in [6.07, 6.45) is -3.35. The number of likely N-dealkylation sites (tertiary alicyclic amines) is 1. The molecule has 2 amide bonds. The number of amides is 2. The van der Waals surface area contributed by atoms with E-state index in [9.17, 15) is 22.8 Å². The summed E-state index contributed by atoms with van der Waals surface area (Å²) in [5.74, 6) is -1.88. The van der Waals surface area contributed by atoms with Crippen molar-refractivity contribution in [3.63, 3.8) is 0 Å². The fraction of sp³-hybridized carbons (Fsp3) is 0.818. The molecular weight excluding hydrogens is 265 g/mol. The van der Waals surface area contributed by atoms with Gasteiger partial charge in [0.25, 0.3) is 0 Å². The van der Waals surface area contributed by atoms with E-state index in [2.05, 4.69) is 5.32 Å². The highest BCUT2D eigenvalue weighted by Crippen LogP contribution is 2.35. The van der Waals surface area contributed by atoms with Gasteiger partial charge in [-0.25, -0.2) is 0 Å². The molecule has 0 aromatic heterocycles. The third-order valence-corrected chi connectivity index (χ3v) is 3.50. The van der Waals surface area contributed by atoms with Crippen LogP contribution < -0.4 is 5.32 Å². The van der Waals surface area contributed by atoms with Crippen LogP contribution in [0.5, 0.6) is 0 Å². The van der Waals surface area contributed by atoms with Crippen LogP contribution in [0.1, 0.15) is 19.3 Å². The Hall–Kier alpha value is -1.31. The maximum absolute atomic E-state index is 12.2. The Bertz CT molecular complexity index is 393. The topological polar surface area (TPSA) is 69.6 Å². The fourth-order valence-electron chi connectivity index (χ4n) is 2.15. The van der Waals surface area contributed by atoms with Gasteiger partial charge in [0.15, 0.2) is 0 Å². The van der Waals surface area contributed by atoms with E-state index in [0.29, 0.717) is 17.7 Å². The number of hydrogen-bond donors (Lipinski definition) is 2. The molecular formula is C11H15F3N2O3. The minimum Gasteiger partial charge on any atom is -0.394 e. The Morgan fingerprint density at radius 1 is 1.47 bits per heavy atom. The van der Waals surface area contributed by atoms with Gasteiger partial charge in [-0.2, -0.15) is 13.2 Å². The van der Waals surface area contributed by atoms with Gasteiger partial charge in [-0.05, 0) is 12.8 Å². The minimum absolute atomic E-state index is 0.189. The Morgan fingerprint density at radius 3 is 2.58 bits per heavy atom. The number of aliphatic hydroxyl groups is 1. The van der Waals surface area contributed by atoms with Gasteiger partial charge in [0, 0.05) is 13.0 Å². The molecule has 1 atom stereocenters. The molecule has 1 heterocycles. The van der Waals surface area contributed by atoms with Crippen molar-refractivity contribution >= 4 is 11.8 Å². The molecule has 0 aromatic carbocycles. The molecule has 19 heavy (non-hydrogen) atoms. The van der Waals surface area contributed by atoms with Crippen molar-refractivity contribution in [1.29, 1.82) is 0 Å². The number of carbonyl (C=O) groups is 2. The first-order valence-electron chi connectivity index (χ1n) is 6.02. The van der Waals surface area contributed by atoms with Crippen LogP contribution in [-0.4, -0.2) is 53.2 Å². The number of halogens is 3. The van der Waals surface area contributed by atoms with E-state index in [1.54, 1.807) is 0 Å². The highest BCUT2D eigenvalue weighted by Gasteiger charge is 2.46. The maximum Gasteiger partial charge on any atom is 0.406 e. The zero-order valence-corrected chi connectivity index (χ0v) is 10.2. The van der Waals surface area contributed by atoms with Crippen molar-refractivity contribution in [3.05, 3.63) is 0 Å². The lowest BCUT2D eigenvalue weighted by molar-refractivity contribution is -0.157. The molecule has 1 unspecified atom stereocenters. The van der Waals surface area contributed by atoms with Crippen LogP contribution in [0.3, 0.4) is 0 Å². The highest BCUT2D eigenvalue weighted by molar-refractivity contribution is 5.89. The van der Waals surface area contributed by atoms with E-state index < -0.39 is 36.0 Å². The predicted octanol–water partition coefficient (Wildman–Crippen LogP) is 0.0383. The average Bonchev–Trinajstić information content (AvgIpc) is 2.97. The molecule has 5 nitrogen and oxygen atoms in total. The van der Waals surface area contributed by atoms with Gasteiger partial charge in [-0.1, -0.05) is 0 Å². The molecule has 0 radical (unpaired) electrons. The van der Waals surface area contributed by atoms with Crippen LogP contribution in [0, 0.1) is 5.92 Å². The van der Waals surface area contributed by atoms with Crippen molar-refractivity contribution < 1.29 is 27.9 Å². The molecule has 1 saturated carbocycles. The molecule has 2 fully saturated rings. The zero-order valence-electron chi connectivity index (χ0n) is 10.2. The summed E-state index contributed by atoms with van der Waals surface area (Å²) >= 11 is 0. The van der Waals surface area contributed by atoms with Gasteiger partial charge >= 0.3 is 6.18 Å². The predicted molar refractivity (Wildman–Crippen MR) is 57.9 cm³/mol. The minimum atomic E-state index is -4.45. The Kier molecular flexibility index (Phi) is 3.46. The number of nitrogens with zero attached hydrogens (tertiary/aromatic N) is 1. The first-order valence-corrected chi connectivity index (χ1v) is 6.02. The first-order chi connectivity index (χ1) is 8.75.